The van der Waals surface area contributed by atoms with Crippen molar-refractivity contribution in [2.24, 2.45) is 0 Å². The second kappa shape index (κ2) is 4.42. The molecule has 0 aliphatic rings. The summed E-state index contributed by atoms with van der Waals surface area (Å²) in [5.74, 6) is -0.937. The number of halogens is 1. The number of aromatic nitrogens is 3. The molecule has 1 aromatic carbocycles. The van der Waals surface area contributed by atoms with Crippen molar-refractivity contribution in [2.45, 2.75) is 19.3 Å². The fraction of sp³-hybridized carbons (Fsp3) is 0.250. The summed E-state index contributed by atoms with van der Waals surface area (Å²) in [7, 11) is 0. The molecule has 18 heavy (non-hydrogen) atoms. The van der Waals surface area contributed by atoms with E-state index >= 15 is 0 Å². The highest BCUT2D eigenvalue weighted by molar-refractivity contribution is 6.30. The van der Waals surface area contributed by atoms with Crippen molar-refractivity contribution in [3.63, 3.8) is 0 Å². The van der Waals surface area contributed by atoms with Gasteiger partial charge in [0.1, 0.15) is 5.41 Å². The van der Waals surface area contributed by atoms with E-state index in [0.29, 0.717) is 16.4 Å². The first-order valence-electron chi connectivity index (χ1n) is 5.33. The Kier molecular flexibility index (Phi) is 3.09. The van der Waals surface area contributed by atoms with Gasteiger partial charge in [0, 0.05) is 5.02 Å². The Morgan fingerprint density at radius 1 is 1.44 bits per heavy atom. The number of hydrogen-bond donors (Lipinski definition) is 1. The van der Waals surface area contributed by atoms with Crippen molar-refractivity contribution in [3.8, 4) is 5.69 Å². The molecule has 0 radical (unpaired) electrons. The fourth-order valence-corrected chi connectivity index (χ4v) is 1.75. The van der Waals surface area contributed by atoms with E-state index in [1.54, 1.807) is 38.1 Å². The molecule has 2 rings (SSSR count). The Morgan fingerprint density at radius 3 is 2.78 bits per heavy atom. The molecule has 0 fully saturated rings. The van der Waals surface area contributed by atoms with Crippen LogP contribution in [0.4, 0.5) is 0 Å². The first kappa shape index (κ1) is 12.6. The molecule has 0 spiro atoms. The third-order valence-corrected chi connectivity index (χ3v) is 3.01. The molecular formula is C12H12ClN3O2. The van der Waals surface area contributed by atoms with Crippen molar-refractivity contribution in [2.75, 3.05) is 0 Å². The minimum Gasteiger partial charge on any atom is -0.481 e. The number of rotatable bonds is 3. The van der Waals surface area contributed by atoms with E-state index in [0.717, 1.165) is 0 Å². The van der Waals surface area contributed by atoms with Crippen molar-refractivity contribution in [1.29, 1.82) is 0 Å². The molecule has 0 amide bonds. The third-order valence-electron chi connectivity index (χ3n) is 2.78. The summed E-state index contributed by atoms with van der Waals surface area (Å²) >= 11 is 5.91. The van der Waals surface area contributed by atoms with Gasteiger partial charge in [0.25, 0.3) is 0 Å². The lowest BCUT2D eigenvalue weighted by Gasteiger charge is -2.19. The normalized spacial score (nSPS) is 11.5. The molecule has 0 aliphatic carbocycles. The van der Waals surface area contributed by atoms with E-state index < -0.39 is 11.4 Å². The number of aliphatic carboxylic acids is 1. The molecule has 0 unspecified atom stereocenters. The molecule has 94 valence electrons. The molecule has 2 aromatic rings. The molecular weight excluding hydrogens is 254 g/mol. The van der Waals surface area contributed by atoms with Crippen LogP contribution in [0.5, 0.6) is 0 Å². The van der Waals surface area contributed by atoms with Crippen LogP contribution in [0.25, 0.3) is 5.69 Å². The summed E-state index contributed by atoms with van der Waals surface area (Å²) in [5, 5.41) is 17.5. The molecule has 1 N–H and O–H groups in total. The molecule has 0 bridgehead atoms. The standard InChI is InChI=1S/C12H12ClN3O2/c1-12(2,11(17)18)10-7-14-15-16(10)9-5-3-4-8(13)6-9/h3-7H,1-2H3,(H,17,18). The van der Waals surface area contributed by atoms with Crippen molar-refractivity contribution in [1.82, 2.24) is 15.0 Å². The average Bonchev–Trinajstić information content (AvgIpc) is 2.78. The van der Waals surface area contributed by atoms with Crippen molar-refractivity contribution in [3.05, 3.63) is 41.2 Å². The average molecular weight is 266 g/mol. The number of carbonyl (C=O) groups is 1. The highest BCUT2D eigenvalue weighted by atomic mass is 35.5. The predicted molar refractivity (Wildman–Crippen MR) is 67.0 cm³/mol. The molecule has 1 aromatic heterocycles. The third kappa shape index (κ3) is 2.09. The molecule has 0 saturated heterocycles. The zero-order valence-corrected chi connectivity index (χ0v) is 10.7. The predicted octanol–water partition coefficient (Wildman–Crippen LogP) is 2.28. The molecule has 0 atom stereocenters. The number of benzene rings is 1. The van der Waals surface area contributed by atoms with Crippen LogP contribution >= 0.6 is 11.6 Å². The Balaban J connectivity index is 2.55. The number of nitrogens with zero attached hydrogens (tertiary/aromatic N) is 3. The van der Waals surface area contributed by atoms with Crippen LogP contribution < -0.4 is 0 Å². The summed E-state index contributed by atoms with van der Waals surface area (Å²) in [6.45, 7) is 3.21. The number of hydrogen-bond acceptors (Lipinski definition) is 3. The van der Waals surface area contributed by atoms with Crippen LogP contribution in [0.1, 0.15) is 19.5 Å². The van der Waals surface area contributed by atoms with Gasteiger partial charge in [-0.1, -0.05) is 22.9 Å². The summed E-state index contributed by atoms with van der Waals surface area (Å²) in [4.78, 5) is 11.3. The maximum absolute atomic E-state index is 11.3. The number of carboxylic acid groups (broad SMARTS) is 1. The van der Waals surface area contributed by atoms with Crippen molar-refractivity contribution >= 4 is 17.6 Å². The number of carboxylic acids is 1. The Bertz CT molecular complexity index is 593. The van der Waals surface area contributed by atoms with Crippen LogP contribution in [0.3, 0.4) is 0 Å². The van der Waals surface area contributed by atoms with Gasteiger partial charge in [-0.05, 0) is 32.0 Å². The first-order valence-corrected chi connectivity index (χ1v) is 5.71. The van der Waals surface area contributed by atoms with Crippen LogP contribution in [-0.2, 0) is 10.2 Å². The zero-order chi connectivity index (χ0) is 13.3. The van der Waals surface area contributed by atoms with Gasteiger partial charge in [0.05, 0.1) is 17.6 Å². The maximum Gasteiger partial charge on any atom is 0.315 e. The molecule has 5 nitrogen and oxygen atoms in total. The lowest BCUT2D eigenvalue weighted by atomic mass is 9.90. The highest BCUT2D eigenvalue weighted by Gasteiger charge is 2.33. The monoisotopic (exact) mass is 265 g/mol. The van der Waals surface area contributed by atoms with Crippen molar-refractivity contribution < 1.29 is 9.90 Å². The smallest absolute Gasteiger partial charge is 0.315 e. The Labute approximate surface area is 109 Å². The minimum atomic E-state index is -1.08. The maximum atomic E-state index is 11.3. The largest absolute Gasteiger partial charge is 0.481 e. The lowest BCUT2D eigenvalue weighted by molar-refractivity contribution is -0.142. The molecule has 1 heterocycles. The van der Waals surface area contributed by atoms with Gasteiger partial charge in [0.15, 0.2) is 0 Å². The minimum absolute atomic E-state index is 0.497. The van der Waals surface area contributed by atoms with Crippen LogP contribution in [0.15, 0.2) is 30.5 Å². The van der Waals surface area contributed by atoms with Gasteiger partial charge in [-0.25, -0.2) is 4.68 Å². The topological polar surface area (TPSA) is 68.0 Å². The van der Waals surface area contributed by atoms with Gasteiger partial charge in [0.2, 0.25) is 0 Å². The van der Waals surface area contributed by atoms with E-state index in [1.807, 2.05) is 0 Å². The van der Waals surface area contributed by atoms with Crippen LogP contribution in [-0.4, -0.2) is 26.1 Å². The van der Waals surface area contributed by atoms with Gasteiger partial charge in [-0.2, -0.15) is 0 Å². The quantitative estimate of drug-likeness (QED) is 0.924. The summed E-state index contributed by atoms with van der Waals surface area (Å²) in [6, 6.07) is 7.01. The summed E-state index contributed by atoms with van der Waals surface area (Å²) < 4.78 is 1.49. The summed E-state index contributed by atoms with van der Waals surface area (Å²) in [6.07, 6.45) is 1.45. The van der Waals surface area contributed by atoms with E-state index in [2.05, 4.69) is 10.3 Å². The Hall–Kier alpha value is -1.88. The van der Waals surface area contributed by atoms with Gasteiger partial charge < -0.3 is 5.11 Å². The Morgan fingerprint density at radius 2 is 2.17 bits per heavy atom. The fourth-order valence-electron chi connectivity index (χ4n) is 1.57. The SMILES string of the molecule is CC(C)(C(=O)O)c1cnnn1-c1cccc(Cl)c1. The van der Waals surface area contributed by atoms with E-state index in [9.17, 15) is 9.90 Å². The van der Waals surface area contributed by atoms with Gasteiger partial charge in [-0.15, -0.1) is 5.10 Å². The highest BCUT2D eigenvalue weighted by Crippen LogP contribution is 2.25. The molecule has 0 saturated carbocycles. The van der Waals surface area contributed by atoms with E-state index in [-0.39, 0.29) is 0 Å². The molecule has 6 heteroatoms. The first-order chi connectivity index (χ1) is 8.43. The van der Waals surface area contributed by atoms with Gasteiger partial charge in [-0.3, -0.25) is 4.79 Å². The molecule has 0 aliphatic heterocycles. The van der Waals surface area contributed by atoms with E-state index in [1.165, 1.54) is 10.9 Å². The van der Waals surface area contributed by atoms with E-state index in [4.69, 9.17) is 11.6 Å². The zero-order valence-electron chi connectivity index (χ0n) is 9.96. The second-order valence-corrected chi connectivity index (χ2v) is 4.88. The van der Waals surface area contributed by atoms with Crippen LogP contribution in [0, 0.1) is 0 Å². The lowest BCUT2D eigenvalue weighted by Crippen LogP contribution is -2.31. The van der Waals surface area contributed by atoms with Gasteiger partial charge >= 0.3 is 5.97 Å². The van der Waals surface area contributed by atoms with Crippen LogP contribution in [0.2, 0.25) is 5.02 Å². The second-order valence-electron chi connectivity index (χ2n) is 4.44. The summed E-state index contributed by atoms with van der Waals surface area (Å²) in [5.41, 5.74) is 0.104.